The molecule has 0 fully saturated rings. The zero-order valence-corrected chi connectivity index (χ0v) is 11.4. The number of aliphatic hydroxyl groups is 1. The van der Waals surface area contributed by atoms with E-state index in [2.05, 4.69) is 31.2 Å². The SMILES string of the molecule is COC(C)(C)CCC(O)Cc1ccc(C)cc1. The molecule has 1 unspecified atom stereocenters. The van der Waals surface area contributed by atoms with Gasteiger partial charge in [0.05, 0.1) is 11.7 Å². The highest BCUT2D eigenvalue weighted by Crippen LogP contribution is 2.18. The Morgan fingerprint density at radius 1 is 1.24 bits per heavy atom. The Morgan fingerprint density at radius 2 is 1.82 bits per heavy atom. The molecule has 0 aliphatic carbocycles. The van der Waals surface area contributed by atoms with E-state index in [-0.39, 0.29) is 11.7 Å². The van der Waals surface area contributed by atoms with E-state index in [1.807, 2.05) is 13.8 Å². The maximum Gasteiger partial charge on any atom is 0.0623 e. The third-order valence-corrected chi connectivity index (χ3v) is 3.22. The van der Waals surface area contributed by atoms with Crippen molar-refractivity contribution in [2.24, 2.45) is 0 Å². The van der Waals surface area contributed by atoms with Crippen LogP contribution in [0.3, 0.4) is 0 Å². The molecule has 0 radical (unpaired) electrons. The van der Waals surface area contributed by atoms with Crippen molar-refractivity contribution in [3.63, 3.8) is 0 Å². The number of benzene rings is 1. The Kier molecular flexibility index (Phi) is 5.16. The summed E-state index contributed by atoms with van der Waals surface area (Å²) >= 11 is 0. The Labute approximate surface area is 105 Å². The van der Waals surface area contributed by atoms with Gasteiger partial charge in [0.25, 0.3) is 0 Å². The lowest BCUT2D eigenvalue weighted by Crippen LogP contribution is -2.25. The predicted molar refractivity (Wildman–Crippen MR) is 71.2 cm³/mol. The van der Waals surface area contributed by atoms with Crippen molar-refractivity contribution in [2.45, 2.75) is 51.7 Å². The lowest BCUT2D eigenvalue weighted by molar-refractivity contribution is 0.00306. The number of hydrogen-bond donors (Lipinski definition) is 1. The Balaban J connectivity index is 2.39. The van der Waals surface area contributed by atoms with Gasteiger partial charge in [0, 0.05) is 7.11 Å². The summed E-state index contributed by atoms with van der Waals surface area (Å²) in [5.74, 6) is 0. The molecule has 1 atom stereocenters. The van der Waals surface area contributed by atoms with Gasteiger partial charge in [-0.05, 0) is 45.6 Å². The number of aryl methyl sites for hydroxylation is 1. The summed E-state index contributed by atoms with van der Waals surface area (Å²) in [6, 6.07) is 8.34. The molecule has 96 valence electrons. The number of aliphatic hydroxyl groups excluding tert-OH is 1. The second kappa shape index (κ2) is 6.18. The van der Waals surface area contributed by atoms with E-state index >= 15 is 0 Å². The molecule has 0 saturated heterocycles. The Hall–Kier alpha value is -0.860. The summed E-state index contributed by atoms with van der Waals surface area (Å²) in [6.45, 7) is 6.17. The van der Waals surface area contributed by atoms with E-state index in [1.54, 1.807) is 7.11 Å². The van der Waals surface area contributed by atoms with Crippen LogP contribution in [0.1, 0.15) is 37.8 Å². The summed E-state index contributed by atoms with van der Waals surface area (Å²) in [6.07, 6.45) is 2.08. The van der Waals surface area contributed by atoms with Gasteiger partial charge < -0.3 is 9.84 Å². The van der Waals surface area contributed by atoms with E-state index < -0.39 is 0 Å². The van der Waals surface area contributed by atoms with Gasteiger partial charge in [0.1, 0.15) is 0 Å². The van der Waals surface area contributed by atoms with E-state index in [9.17, 15) is 5.11 Å². The van der Waals surface area contributed by atoms with Crippen molar-refractivity contribution < 1.29 is 9.84 Å². The van der Waals surface area contributed by atoms with Crippen LogP contribution < -0.4 is 0 Å². The minimum Gasteiger partial charge on any atom is -0.393 e. The minimum absolute atomic E-state index is 0.145. The molecule has 2 heteroatoms. The van der Waals surface area contributed by atoms with Gasteiger partial charge in [-0.15, -0.1) is 0 Å². The second-order valence-electron chi connectivity index (χ2n) is 5.35. The predicted octanol–water partition coefficient (Wildman–Crippen LogP) is 3.10. The van der Waals surface area contributed by atoms with Crippen molar-refractivity contribution in [3.05, 3.63) is 35.4 Å². The van der Waals surface area contributed by atoms with E-state index in [0.717, 1.165) is 19.3 Å². The second-order valence-corrected chi connectivity index (χ2v) is 5.35. The summed E-state index contributed by atoms with van der Waals surface area (Å²) in [7, 11) is 1.71. The lowest BCUT2D eigenvalue weighted by atomic mass is 9.96. The molecule has 0 spiro atoms. The van der Waals surface area contributed by atoms with Gasteiger partial charge in [-0.1, -0.05) is 29.8 Å². The molecule has 0 aliphatic rings. The Morgan fingerprint density at radius 3 is 2.35 bits per heavy atom. The van der Waals surface area contributed by atoms with Crippen LogP contribution in [0.25, 0.3) is 0 Å². The topological polar surface area (TPSA) is 29.5 Å². The third-order valence-electron chi connectivity index (χ3n) is 3.22. The largest absolute Gasteiger partial charge is 0.393 e. The molecule has 1 rings (SSSR count). The van der Waals surface area contributed by atoms with Crippen molar-refractivity contribution in [2.75, 3.05) is 7.11 Å². The molecule has 0 bridgehead atoms. The molecule has 17 heavy (non-hydrogen) atoms. The molecule has 1 N–H and O–H groups in total. The zero-order valence-electron chi connectivity index (χ0n) is 11.4. The van der Waals surface area contributed by atoms with Gasteiger partial charge in [0.15, 0.2) is 0 Å². The third kappa shape index (κ3) is 5.33. The number of methoxy groups -OCH3 is 1. The highest BCUT2D eigenvalue weighted by atomic mass is 16.5. The first kappa shape index (κ1) is 14.2. The van der Waals surface area contributed by atoms with Gasteiger partial charge >= 0.3 is 0 Å². The standard InChI is InChI=1S/C15H24O2/c1-12-5-7-13(8-6-12)11-14(16)9-10-15(2,3)17-4/h5-8,14,16H,9-11H2,1-4H3. The van der Waals surface area contributed by atoms with Gasteiger partial charge in [-0.3, -0.25) is 0 Å². The van der Waals surface area contributed by atoms with Crippen molar-refractivity contribution in [1.29, 1.82) is 0 Å². The highest BCUT2D eigenvalue weighted by Gasteiger charge is 2.18. The maximum absolute atomic E-state index is 9.98. The minimum atomic E-state index is -0.285. The molecule has 0 amide bonds. The van der Waals surface area contributed by atoms with Crippen LogP contribution in [0.4, 0.5) is 0 Å². The maximum atomic E-state index is 9.98. The van der Waals surface area contributed by atoms with Gasteiger partial charge in [0.2, 0.25) is 0 Å². The fourth-order valence-corrected chi connectivity index (χ4v) is 1.71. The molecule has 1 aromatic rings. The molecule has 0 saturated carbocycles. The summed E-state index contributed by atoms with van der Waals surface area (Å²) in [5.41, 5.74) is 2.30. The smallest absolute Gasteiger partial charge is 0.0623 e. The van der Waals surface area contributed by atoms with Crippen molar-refractivity contribution >= 4 is 0 Å². The first-order valence-electron chi connectivity index (χ1n) is 6.22. The van der Waals surface area contributed by atoms with E-state index in [4.69, 9.17) is 4.74 Å². The van der Waals surface area contributed by atoms with Crippen LogP contribution >= 0.6 is 0 Å². The van der Waals surface area contributed by atoms with E-state index in [1.165, 1.54) is 11.1 Å². The molecule has 1 aromatic carbocycles. The van der Waals surface area contributed by atoms with Gasteiger partial charge in [-0.2, -0.15) is 0 Å². The first-order valence-corrected chi connectivity index (χ1v) is 6.22. The quantitative estimate of drug-likeness (QED) is 0.822. The molecular weight excluding hydrogens is 212 g/mol. The molecule has 0 aliphatic heterocycles. The van der Waals surface area contributed by atoms with E-state index in [0.29, 0.717) is 0 Å². The molecule has 2 nitrogen and oxygen atoms in total. The average molecular weight is 236 g/mol. The van der Waals surface area contributed by atoms with Gasteiger partial charge in [-0.25, -0.2) is 0 Å². The van der Waals surface area contributed by atoms with Crippen LogP contribution in [0, 0.1) is 6.92 Å². The summed E-state index contributed by atoms with van der Waals surface area (Å²) < 4.78 is 5.34. The highest BCUT2D eigenvalue weighted by molar-refractivity contribution is 5.21. The van der Waals surface area contributed by atoms with Crippen molar-refractivity contribution in [1.82, 2.24) is 0 Å². The number of rotatable bonds is 6. The Bertz CT molecular complexity index is 327. The zero-order chi connectivity index (χ0) is 12.9. The lowest BCUT2D eigenvalue weighted by Gasteiger charge is -2.24. The molecule has 0 aromatic heterocycles. The molecule has 0 heterocycles. The monoisotopic (exact) mass is 236 g/mol. The van der Waals surface area contributed by atoms with Crippen LogP contribution in [0.15, 0.2) is 24.3 Å². The fourth-order valence-electron chi connectivity index (χ4n) is 1.71. The van der Waals surface area contributed by atoms with Crippen molar-refractivity contribution in [3.8, 4) is 0 Å². The van der Waals surface area contributed by atoms with Crippen LogP contribution in [0.2, 0.25) is 0 Å². The van der Waals surface area contributed by atoms with Crippen LogP contribution in [0.5, 0.6) is 0 Å². The number of hydrogen-bond acceptors (Lipinski definition) is 2. The summed E-state index contributed by atoms with van der Waals surface area (Å²) in [4.78, 5) is 0. The first-order chi connectivity index (χ1) is 7.93. The van der Waals surface area contributed by atoms with Crippen LogP contribution in [-0.2, 0) is 11.2 Å². The molecular formula is C15H24O2. The van der Waals surface area contributed by atoms with Crippen LogP contribution in [-0.4, -0.2) is 23.9 Å². The summed E-state index contributed by atoms with van der Waals surface area (Å²) in [5, 5.41) is 9.98. The fraction of sp³-hybridized carbons (Fsp3) is 0.600. The average Bonchev–Trinajstić information content (AvgIpc) is 2.30. The normalized spacial score (nSPS) is 13.7. The number of ether oxygens (including phenoxy) is 1.